The molecule has 0 radical (unpaired) electrons. The van der Waals surface area contributed by atoms with Crippen molar-refractivity contribution in [3.8, 4) is 23.0 Å². The van der Waals surface area contributed by atoms with Crippen LogP contribution in [0.4, 0.5) is 0 Å². The molecule has 0 fully saturated rings. The minimum Gasteiger partial charge on any atom is -0.492 e. The van der Waals surface area contributed by atoms with Crippen LogP contribution in [0.25, 0.3) is 17.0 Å². The van der Waals surface area contributed by atoms with Crippen molar-refractivity contribution in [3.63, 3.8) is 0 Å². The molecule has 9 heteroatoms. The quantitative estimate of drug-likeness (QED) is 0.239. The number of H-pyrrole nitrogens is 1. The third-order valence-electron chi connectivity index (χ3n) is 4.82. The van der Waals surface area contributed by atoms with E-state index in [2.05, 4.69) is 36.2 Å². The second-order valence-electron chi connectivity index (χ2n) is 7.99. The SMILES string of the molecule is CCCCOc1ccc(C)cc1Sc1c(OC(C)C)nn2[nH]c(-c3ccc(Cl)cc3Cl)nc12. The summed E-state index contributed by atoms with van der Waals surface area (Å²) in [6.07, 6.45) is 2.04. The molecule has 0 amide bonds. The highest BCUT2D eigenvalue weighted by Gasteiger charge is 2.23. The van der Waals surface area contributed by atoms with Crippen LogP contribution in [-0.2, 0) is 0 Å². The summed E-state index contributed by atoms with van der Waals surface area (Å²) in [6.45, 7) is 8.83. The van der Waals surface area contributed by atoms with Gasteiger partial charge in [0.2, 0.25) is 0 Å². The van der Waals surface area contributed by atoms with Gasteiger partial charge in [-0.1, -0.05) is 54.4 Å². The molecular formula is C24H26Cl2N4O2S. The van der Waals surface area contributed by atoms with Crippen LogP contribution in [0.3, 0.4) is 0 Å². The molecule has 2 aromatic heterocycles. The van der Waals surface area contributed by atoms with Crippen molar-refractivity contribution in [2.75, 3.05) is 6.61 Å². The smallest absolute Gasteiger partial charge is 0.251 e. The van der Waals surface area contributed by atoms with Gasteiger partial charge >= 0.3 is 0 Å². The summed E-state index contributed by atoms with van der Waals surface area (Å²) in [4.78, 5) is 6.60. The van der Waals surface area contributed by atoms with Crippen LogP contribution >= 0.6 is 35.0 Å². The van der Waals surface area contributed by atoms with Gasteiger partial charge in [-0.05, 0) is 63.1 Å². The summed E-state index contributed by atoms with van der Waals surface area (Å²) in [5.41, 5.74) is 2.54. The fourth-order valence-corrected chi connectivity index (χ4v) is 4.81. The fraction of sp³-hybridized carbons (Fsp3) is 0.333. The van der Waals surface area contributed by atoms with Gasteiger partial charge in [-0.2, -0.15) is 0 Å². The monoisotopic (exact) mass is 504 g/mol. The zero-order valence-corrected chi connectivity index (χ0v) is 21.3. The zero-order chi connectivity index (χ0) is 23.5. The van der Waals surface area contributed by atoms with Crippen molar-refractivity contribution in [1.82, 2.24) is 19.8 Å². The van der Waals surface area contributed by atoms with Crippen molar-refractivity contribution in [2.24, 2.45) is 0 Å². The summed E-state index contributed by atoms with van der Waals surface area (Å²) in [5.74, 6) is 1.95. The number of halogens is 2. The van der Waals surface area contributed by atoms with Gasteiger partial charge in [-0.25, -0.2) is 4.98 Å². The number of nitrogens with zero attached hydrogens (tertiary/aromatic N) is 3. The largest absolute Gasteiger partial charge is 0.492 e. The molecule has 0 aliphatic heterocycles. The number of ether oxygens (including phenoxy) is 2. The lowest BCUT2D eigenvalue weighted by Crippen LogP contribution is -2.07. The highest BCUT2D eigenvalue weighted by Crippen LogP contribution is 2.42. The first-order chi connectivity index (χ1) is 15.9. The third kappa shape index (κ3) is 5.42. The summed E-state index contributed by atoms with van der Waals surface area (Å²) in [6, 6.07) is 11.5. The average Bonchev–Trinajstić information content (AvgIpc) is 3.28. The van der Waals surface area contributed by atoms with Gasteiger partial charge < -0.3 is 9.47 Å². The number of hydrogen-bond donors (Lipinski definition) is 1. The van der Waals surface area contributed by atoms with E-state index in [-0.39, 0.29) is 6.10 Å². The van der Waals surface area contributed by atoms with Crippen LogP contribution in [0.1, 0.15) is 39.2 Å². The predicted octanol–water partition coefficient (Wildman–Crippen LogP) is 7.46. The topological polar surface area (TPSA) is 64.4 Å². The Labute approximate surface area is 207 Å². The van der Waals surface area contributed by atoms with Gasteiger partial charge in [-0.3, -0.25) is 5.10 Å². The normalized spacial score (nSPS) is 11.5. The lowest BCUT2D eigenvalue weighted by Gasteiger charge is -2.13. The molecule has 0 bridgehead atoms. The zero-order valence-electron chi connectivity index (χ0n) is 19.0. The van der Waals surface area contributed by atoms with Crippen molar-refractivity contribution in [2.45, 2.75) is 56.4 Å². The lowest BCUT2D eigenvalue weighted by atomic mass is 10.2. The highest BCUT2D eigenvalue weighted by molar-refractivity contribution is 7.99. The molecule has 0 saturated heterocycles. The third-order valence-corrected chi connectivity index (χ3v) is 6.47. The molecule has 0 saturated carbocycles. The van der Waals surface area contributed by atoms with Crippen LogP contribution in [0, 0.1) is 6.92 Å². The van der Waals surface area contributed by atoms with Gasteiger partial charge in [0.1, 0.15) is 10.6 Å². The van der Waals surface area contributed by atoms with E-state index in [9.17, 15) is 0 Å². The number of unbranched alkanes of at least 4 members (excludes halogenated alkanes) is 1. The second-order valence-corrected chi connectivity index (χ2v) is 9.88. The molecule has 4 rings (SSSR count). The van der Waals surface area contributed by atoms with Crippen molar-refractivity contribution in [1.29, 1.82) is 0 Å². The predicted molar refractivity (Wildman–Crippen MR) is 134 cm³/mol. The Morgan fingerprint density at radius 1 is 1.15 bits per heavy atom. The molecule has 4 aromatic rings. The van der Waals surface area contributed by atoms with Crippen molar-refractivity contribution >= 4 is 40.6 Å². The van der Waals surface area contributed by atoms with Gasteiger partial charge in [0.25, 0.3) is 5.88 Å². The Morgan fingerprint density at radius 3 is 2.70 bits per heavy atom. The number of fused-ring (bicyclic) bond motifs is 1. The molecule has 2 aromatic carbocycles. The van der Waals surface area contributed by atoms with E-state index < -0.39 is 0 Å². The van der Waals surface area contributed by atoms with E-state index >= 15 is 0 Å². The maximum absolute atomic E-state index is 6.41. The number of aromatic amines is 1. The summed E-state index contributed by atoms with van der Waals surface area (Å²) < 4.78 is 13.7. The fourth-order valence-electron chi connectivity index (χ4n) is 3.23. The Kier molecular flexibility index (Phi) is 7.41. The maximum atomic E-state index is 6.41. The molecule has 6 nitrogen and oxygen atoms in total. The molecule has 1 N–H and O–H groups in total. The molecule has 0 aliphatic carbocycles. The Bertz CT molecular complexity index is 1270. The molecule has 174 valence electrons. The molecule has 2 heterocycles. The molecular weight excluding hydrogens is 479 g/mol. The van der Waals surface area contributed by atoms with E-state index in [1.165, 1.54) is 11.8 Å². The van der Waals surface area contributed by atoms with Crippen LogP contribution < -0.4 is 9.47 Å². The number of hydrogen-bond acceptors (Lipinski definition) is 5. The standard InChI is InChI=1S/C24H26Cl2N4O2S/c1-5-6-11-31-19-10-7-15(4)12-20(19)33-21-23-27-22(17-9-8-16(25)13-18(17)26)28-30(23)29-24(21)32-14(2)3/h7-10,12-14H,5-6,11H2,1-4H3,(H,27,28). The number of aryl methyl sites for hydroxylation is 1. The van der Waals surface area contributed by atoms with Gasteiger partial charge in [0, 0.05) is 10.6 Å². The number of rotatable bonds is 9. The highest BCUT2D eigenvalue weighted by atomic mass is 35.5. The summed E-state index contributed by atoms with van der Waals surface area (Å²) in [5, 5.41) is 8.90. The molecule has 0 spiro atoms. The molecule has 0 aliphatic rings. The minimum atomic E-state index is -0.0353. The van der Waals surface area contributed by atoms with E-state index in [1.54, 1.807) is 16.8 Å². The van der Waals surface area contributed by atoms with E-state index in [1.807, 2.05) is 26.0 Å². The summed E-state index contributed by atoms with van der Waals surface area (Å²) in [7, 11) is 0. The Hall–Kier alpha value is -2.35. The van der Waals surface area contributed by atoms with Gasteiger partial charge in [0.05, 0.1) is 22.6 Å². The van der Waals surface area contributed by atoms with Crippen molar-refractivity contribution in [3.05, 3.63) is 52.0 Å². The Morgan fingerprint density at radius 2 is 1.97 bits per heavy atom. The van der Waals surface area contributed by atoms with E-state index in [4.69, 9.17) is 37.7 Å². The van der Waals surface area contributed by atoms with Crippen LogP contribution in [0.15, 0.2) is 46.2 Å². The number of nitrogens with one attached hydrogen (secondary N) is 1. The van der Waals surface area contributed by atoms with Crippen LogP contribution in [-0.4, -0.2) is 32.5 Å². The van der Waals surface area contributed by atoms with Crippen LogP contribution in [0.5, 0.6) is 11.6 Å². The minimum absolute atomic E-state index is 0.0353. The second kappa shape index (κ2) is 10.3. The number of aromatic nitrogens is 4. The molecule has 33 heavy (non-hydrogen) atoms. The first-order valence-corrected chi connectivity index (χ1v) is 12.4. The lowest BCUT2D eigenvalue weighted by molar-refractivity contribution is 0.225. The van der Waals surface area contributed by atoms with Crippen LogP contribution in [0.2, 0.25) is 10.0 Å². The first-order valence-electron chi connectivity index (χ1n) is 10.9. The van der Waals surface area contributed by atoms with Gasteiger partial charge in [0.15, 0.2) is 11.5 Å². The molecule has 0 unspecified atom stereocenters. The molecule has 0 atom stereocenters. The average molecular weight is 505 g/mol. The van der Waals surface area contributed by atoms with E-state index in [0.717, 1.165) is 39.5 Å². The maximum Gasteiger partial charge on any atom is 0.251 e. The first kappa shape index (κ1) is 23.8. The van der Waals surface area contributed by atoms with E-state index in [0.29, 0.717) is 34.0 Å². The van der Waals surface area contributed by atoms with Crippen molar-refractivity contribution < 1.29 is 9.47 Å². The van der Waals surface area contributed by atoms with Gasteiger partial charge in [-0.15, -0.1) is 9.73 Å². The Balaban J connectivity index is 1.77. The summed E-state index contributed by atoms with van der Waals surface area (Å²) >= 11 is 14.0. The number of benzene rings is 2.